The zero-order chi connectivity index (χ0) is 22.0. The first-order valence-corrected chi connectivity index (χ1v) is 11.9. The van der Waals surface area contributed by atoms with Crippen molar-refractivity contribution >= 4 is 33.0 Å². The summed E-state index contributed by atoms with van der Waals surface area (Å²) in [7, 11) is -3.71. The van der Waals surface area contributed by atoms with Crippen molar-refractivity contribution in [1.29, 1.82) is 0 Å². The fourth-order valence-electron chi connectivity index (χ4n) is 3.21. The highest BCUT2D eigenvalue weighted by molar-refractivity contribution is 7.89. The highest BCUT2D eigenvalue weighted by Crippen LogP contribution is 2.27. The number of thiazole rings is 1. The first-order valence-electron chi connectivity index (χ1n) is 9.56. The maximum Gasteiger partial charge on any atom is 0.275 e. The van der Waals surface area contributed by atoms with Crippen LogP contribution in [-0.2, 0) is 14.8 Å². The van der Waals surface area contributed by atoms with E-state index in [0.29, 0.717) is 35.0 Å². The predicted molar refractivity (Wildman–Crippen MR) is 116 cm³/mol. The topological polar surface area (TPSA) is 88.6 Å². The number of halogens is 1. The van der Waals surface area contributed by atoms with Gasteiger partial charge in [0.15, 0.2) is 0 Å². The van der Waals surface area contributed by atoms with Crippen LogP contribution in [0.25, 0.3) is 10.6 Å². The van der Waals surface area contributed by atoms with Gasteiger partial charge in [0.1, 0.15) is 16.5 Å². The smallest absolute Gasteiger partial charge is 0.275 e. The molecule has 1 N–H and O–H groups in total. The van der Waals surface area contributed by atoms with Crippen molar-refractivity contribution in [2.24, 2.45) is 0 Å². The lowest BCUT2D eigenvalue weighted by atomic mass is 10.2. The van der Waals surface area contributed by atoms with E-state index in [1.807, 2.05) is 0 Å². The molecule has 10 heteroatoms. The minimum Gasteiger partial charge on any atom is -0.379 e. The molecule has 7 nitrogen and oxygen atoms in total. The number of sulfonamides is 1. The number of nitrogens with zero attached hydrogens (tertiary/aromatic N) is 2. The van der Waals surface area contributed by atoms with Crippen molar-refractivity contribution in [3.8, 4) is 10.6 Å². The van der Waals surface area contributed by atoms with Gasteiger partial charge in [0.05, 0.1) is 18.1 Å². The van der Waals surface area contributed by atoms with Gasteiger partial charge in [0.25, 0.3) is 5.91 Å². The highest BCUT2D eigenvalue weighted by atomic mass is 32.2. The first-order chi connectivity index (χ1) is 14.9. The Morgan fingerprint density at radius 1 is 1.19 bits per heavy atom. The molecule has 2 aromatic carbocycles. The van der Waals surface area contributed by atoms with E-state index in [9.17, 15) is 17.6 Å². The minimum atomic E-state index is -3.71. The lowest BCUT2D eigenvalue weighted by Gasteiger charge is -2.26. The Kier molecular flexibility index (Phi) is 6.15. The van der Waals surface area contributed by atoms with E-state index in [0.717, 1.165) is 11.3 Å². The summed E-state index contributed by atoms with van der Waals surface area (Å²) in [5, 5.41) is 4.61. The lowest BCUT2D eigenvalue weighted by Crippen LogP contribution is -2.40. The molecule has 3 aromatic rings. The molecule has 1 aliphatic heterocycles. The molecule has 0 radical (unpaired) electrons. The van der Waals surface area contributed by atoms with Crippen molar-refractivity contribution in [3.63, 3.8) is 0 Å². The monoisotopic (exact) mass is 461 g/mol. The number of amides is 1. The van der Waals surface area contributed by atoms with Crippen molar-refractivity contribution in [2.75, 3.05) is 31.6 Å². The van der Waals surface area contributed by atoms with Crippen LogP contribution in [0.5, 0.6) is 0 Å². The number of nitrogens with one attached hydrogen (secondary N) is 1. The van der Waals surface area contributed by atoms with Gasteiger partial charge in [-0.3, -0.25) is 4.79 Å². The third-order valence-electron chi connectivity index (χ3n) is 4.87. The van der Waals surface area contributed by atoms with Crippen molar-refractivity contribution in [2.45, 2.75) is 11.8 Å². The van der Waals surface area contributed by atoms with Gasteiger partial charge in [-0.15, -0.1) is 11.3 Å². The van der Waals surface area contributed by atoms with Crippen molar-refractivity contribution in [3.05, 3.63) is 64.9 Å². The maximum atomic E-state index is 14.0. The largest absolute Gasteiger partial charge is 0.379 e. The third kappa shape index (κ3) is 4.52. The van der Waals surface area contributed by atoms with Crippen LogP contribution in [0.1, 0.15) is 16.1 Å². The van der Waals surface area contributed by atoms with Crippen LogP contribution in [0.3, 0.4) is 0 Å². The molecule has 0 aliphatic carbocycles. The summed E-state index contributed by atoms with van der Waals surface area (Å²) in [6.45, 7) is 2.98. The van der Waals surface area contributed by atoms with E-state index in [1.54, 1.807) is 37.3 Å². The van der Waals surface area contributed by atoms with Gasteiger partial charge in [-0.05, 0) is 36.8 Å². The Morgan fingerprint density at radius 2 is 1.94 bits per heavy atom. The fraction of sp³-hybridized carbons (Fsp3) is 0.238. The molecule has 31 heavy (non-hydrogen) atoms. The Labute approximate surface area is 183 Å². The van der Waals surface area contributed by atoms with Gasteiger partial charge in [0, 0.05) is 29.7 Å². The number of aromatic nitrogens is 1. The molecule has 0 atom stereocenters. The van der Waals surface area contributed by atoms with Gasteiger partial charge in [-0.2, -0.15) is 4.31 Å². The van der Waals surface area contributed by atoms with Gasteiger partial charge in [-0.1, -0.05) is 18.2 Å². The number of anilines is 1. The number of carbonyl (C=O) groups is 1. The number of morpholine rings is 1. The second kappa shape index (κ2) is 8.83. The second-order valence-electron chi connectivity index (χ2n) is 6.97. The molecule has 0 spiro atoms. The summed E-state index contributed by atoms with van der Waals surface area (Å²) in [4.78, 5) is 17.0. The van der Waals surface area contributed by atoms with E-state index in [-0.39, 0.29) is 23.7 Å². The molecule has 4 rings (SSSR count). The average Bonchev–Trinajstić information content (AvgIpc) is 3.26. The number of aryl methyl sites for hydroxylation is 1. The van der Waals surface area contributed by atoms with Crippen LogP contribution in [-0.4, -0.2) is 49.9 Å². The molecule has 0 bridgehead atoms. The Bertz CT molecular complexity index is 1220. The Hall–Kier alpha value is -2.66. The van der Waals surface area contributed by atoms with Crippen molar-refractivity contribution in [1.82, 2.24) is 9.29 Å². The van der Waals surface area contributed by atoms with Crippen LogP contribution in [0, 0.1) is 12.7 Å². The molecule has 0 saturated carbocycles. The van der Waals surface area contributed by atoms with Gasteiger partial charge in [-0.25, -0.2) is 17.8 Å². The van der Waals surface area contributed by atoms with Crippen LogP contribution >= 0.6 is 11.3 Å². The molecule has 0 unspecified atom stereocenters. The van der Waals surface area contributed by atoms with E-state index in [2.05, 4.69) is 10.3 Å². The van der Waals surface area contributed by atoms with E-state index in [4.69, 9.17) is 4.74 Å². The quantitative estimate of drug-likeness (QED) is 0.628. The minimum absolute atomic E-state index is 0.126. The zero-order valence-electron chi connectivity index (χ0n) is 16.7. The summed E-state index contributed by atoms with van der Waals surface area (Å²) in [6.07, 6.45) is 0. The number of carbonyl (C=O) groups excluding carboxylic acids is 1. The summed E-state index contributed by atoms with van der Waals surface area (Å²) in [5.41, 5.74) is 1.37. The van der Waals surface area contributed by atoms with Crippen molar-refractivity contribution < 1.29 is 22.3 Å². The standard InChI is InChI=1S/C21H20FN3O4S2/c1-14-6-7-15(12-19(14)31(27,28)25-8-10-29-11-9-25)23-20(26)18-13-30-21(24-18)16-4-2-3-5-17(16)22/h2-7,12-13H,8-11H2,1H3,(H,23,26). The molecule has 162 valence electrons. The Morgan fingerprint density at radius 3 is 2.68 bits per heavy atom. The van der Waals surface area contributed by atoms with E-state index >= 15 is 0 Å². The van der Waals surface area contributed by atoms with Crippen LogP contribution < -0.4 is 5.32 Å². The third-order valence-corrected chi connectivity index (χ3v) is 7.79. The number of hydrogen-bond donors (Lipinski definition) is 1. The number of benzene rings is 2. The normalized spacial score (nSPS) is 15.0. The number of rotatable bonds is 5. The van der Waals surface area contributed by atoms with Crippen LogP contribution in [0.4, 0.5) is 10.1 Å². The predicted octanol–water partition coefficient (Wildman–Crippen LogP) is 3.53. The molecule has 1 saturated heterocycles. The molecular weight excluding hydrogens is 441 g/mol. The number of hydrogen-bond acceptors (Lipinski definition) is 6. The summed E-state index contributed by atoms with van der Waals surface area (Å²) in [6, 6.07) is 10.9. The van der Waals surface area contributed by atoms with E-state index < -0.39 is 21.7 Å². The van der Waals surface area contributed by atoms with Crippen LogP contribution in [0.15, 0.2) is 52.7 Å². The maximum absolute atomic E-state index is 14.0. The van der Waals surface area contributed by atoms with E-state index in [1.165, 1.54) is 21.8 Å². The number of ether oxygens (including phenoxy) is 1. The first kappa shape index (κ1) is 21.6. The van der Waals surface area contributed by atoms with Gasteiger partial charge < -0.3 is 10.1 Å². The summed E-state index contributed by atoms with van der Waals surface area (Å²) in [5.74, 6) is -0.919. The molecule has 1 amide bonds. The second-order valence-corrected chi connectivity index (χ2v) is 9.73. The van der Waals surface area contributed by atoms with Crippen LogP contribution in [0.2, 0.25) is 0 Å². The summed E-state index contributed by atoms with van der Waals surface area (Å²) < 4.78 is 46.6. The average molecular weight is 462 g/mol. The molecule has 1 aromatic heterocycles. The Balaban J connectivity index is 1.56. The molecule has 2 heterocycles. The molecule has 1 fully saturated rings. The summed E-state index contributed by atoms with van der Waals surface area (Å²) >= 11 is 1.16. The van der Waals surface area contributed by atoms with Gasteiger partial charge >= 0.3 is 0 Å². The molecule has 1 aliphatic rings. The fourth-order valence-corrected chi connectivity index (χ4v) is 5.70. The molecular formula is C21H20FN3O4S2. The van der Waals surface area contributed by atoms with Gasteiger partial charge in [0.2, 0.25) is 10.0 Å². The highest BCUT2D eigenvalue weighted by Gasteiger charge is 2.28. The lowest BCUT2D eigenvalue weighted by molar-refractivity contribution is 0.0730. The SMILES string of the molecule is Cc1ccc(NC(=O)c2csc(-c3ccccc3F)n2)cc1S(=O)(=O)N1CCOCC1. The zero-order valence-corrected chi connectivity index (χ0v) is 18.3.